The van der Waals surface area contributed by atoms with E-state index in [1.165, 1.54) is 11.4 Å². The van der Waals surface area contributed by atoms with E-state index in [4.69, 9.17) is 9.97 Å². The molecule has 144 valence electrons. The van der Waals surface area contributed by atoms with Crippen LogP contribution in [0.4, 0.5) is 5.82 Å². The van der Waals surface area contributed by atoms with Crippen molar-refractivity contribution in [3.63, 3.8) is 0 Å². The molecule has 2 aliphatic heterocycles. The number of hydrogen-bond acceptors (Lipinski definition) is 6. The van der Waals surface area contributed by atoms with E-state index in [0.717, 1.165) is 61.8 Å². The van der Waals surface area contributed by atoms with E-state index in [9.17, 15) is 0 Å². The SMILES string of the molecule is Cc1nc(C2CCNCC2)cc(N2CCc3[nH]cnc3[C@@H]2c2cccnc2)n1. The number of hydrogen-bond donors (Lipinski definition) is 2. The van der Waals surface area contributed by atoms with Crippen LogP contribution < -0.4 is 10.2 Å². The van der Waals surface area contributed by atoms with Crippen LogP contribution >= 0.6 is 0 Å². The summed E-state index contributed by atoms with van der Waals surface area (Å²) in [6.07, 6.45) is 8.73. The quantitative estimate of drug-likeness (QED) is 0.732. The van der Waals surface area contributed by atoms with Crippen LogP contribution in [0.15, 0.2) is 36.9 Å². The minimum Gasteiger partial charge on any atom is -0.348 e. The van der Waals surface area contributed by atoms with Crippen LogP contribution in [-0.2, 0) is 6.42 Å². The van der Waals surface area contributed by atoms with Crippen molar-refractivity contribution in [1.82, 2.24) is 30.2 Å². The van der Waals surface area contributed by atoms with Crippen LogP contribution in [0.3, 0.4) is 0 Å². The van der Waals surface area contributed by atoms with E-state index < -0.39 is 0 Å². The minimum atomic E-state index is 0.0128. The van der Waals surface area contributed by atoms with Gasteiger partial charge in [-0.1, -0.05) is 6.07 Å². The monoisotopic (exact) mass is 375 g/mol. The fourth-order valence-electron chi connectivity index (χ4n) is 4.45. The Morgan fingerprint density at radius 2 is 2.07 bits per heavy atom. The molecule has 0 saturated carbocycles. The summed E-state index contributed by atoms with van der Waals surface area (Å²) < 4.78 is 0. The highest BCUT2D eigenvalue weighted by molar-refractivity contribution is 5.50. The number of H-pyrrole nitrogens is 1. The summed E-state index contributed by atoms with van der Waals surface area (Å²) in [7, 11) is 0. The standard InChI is InChI=1S/C21H25N7/c1-14-26-18(15-4-8-22-9-5-15)11-19(27-14)28-10-6-17-20(25-13-24-17)21(28)16-3-2-7-23-12-16/h2-3,7,11-13,15,21-22H,4-6,8-10H2,1H3,(H,24,25)/t21-/m0/s1. The summed E-state index contributed by atoms with van der Waals surface area (Å²) in [5.41, 5.74) is 4.57. The number of nitrogens with zero attached hydrogens (tertiary/aromatic N) is 5. The number of rotatable bonds is 3. The van der Waals surface area contributed by atoms with Crippen molar-refractivity contribution in [1.29, 1.82) is 0 Å². The van der Waals surface area contributed by atoms with Crippen LogP contribution in [0.5, 0.6) is 0 Å². The normalized spacial score (nSPS) is 20.2. The number of aryl methyl sites for hydroxylation is 1. The van der Waals surface area contributed by atoms with Crippen molar-refractivity contribution in [3.8, 4) is 0 Å². The van der Waals surface area contributed by atoms with Crippen molar-refractivity contribution < 1.29 is 0 Å². The first-order valence-electron chi connectivity index (χ1n) is 10.0. The maximum atomic E-state index is 4.83. The minimum absolute atomic E-state index is 0.0128. The predicted octanol–water partition coefficient (Wildman–Crippen LogP) is 2.52. The van der Waals surface area contributed by atoms with Gasteiger partial charge in [-0.2, -0.15) is 0 Å². The second kappa shape index (κ2) is 7.31. The molecular weight excluding hydrogens is 350 g/mol. The Kier molecular flexibility index (Phi) is 4.52. The van der Waals surface area contributed by atoms with Crippen LogP contribution in [0.2, 0.25) is 0 Å². The second-order valence-electron chi connectivity index (χ2n) is 7.62. The van der Waals surface area contributed by atoms with E-state index in [1.54, 1.807) is 6.33 Å². The molecule has 5 rings (SSSR count). The van der Waals surface area contributed by atoms with Gasteiger partial charge in [0.05, 0.1) is 12.0 Å². The van der Waals surface area contributed by atoms with Gasteiger partial charge in [0.15, 0.2) is 0 Å². The van der Waals surface area contributed by atoms with E-state index in [2.05, 4.69) is 37.3 Å². The molecule has 28 heavy (non-hydrogen) atoms. The molecule has 0 amide bonds. The number of imidazole rings is 1. The first-order chi connectivity index (χ1) is 13.8. The highest BCUT2D eigenvalue weighted by Gasteiger charge is 2.32. The van der Waals surface area contributed by atoms with Gasteiger partial charge in [0, 0.05) is 48.7 Å². The lowest BCUT2D eigenvalue weighted by Gasteiger charge is -2.36. The molecular formula is C21H25N7. The lowest BCUT2D eigenvalue weighted by molar-refractivity contribution is 0.452. The molecule has 0 spiro atoms. The third kappa shape index (κ3) is 3.16. The van der Waals surface area contributed by atoms with Crippen LogP contribution in [0, 0.1) is 6.92 Å². The van der Waals surface area contributed by atoms with E-state index >= 15 is 0 Å². The van der Waals surface area contributed by atoms with Gasteiger partial charge in [0.2, 0.25) is 0 Å². The number of nitrogens with one attached hydrogen (secondary N) is 2. The molecule has 2 aliphatic rings. The molecule has 7 heteroatoms. The number of aromatic nitrogens is 5. The summed E-state index contributed by atoms with van der Waals surface area (Å²) in [6.45, 7) is 5.00. The third-order valence-corrected chi connectivity index (χ3v) is 5.82. The number of fused-ring (bicyclic) bond motifs is 1. The first kappa shape index (κ1) is 17.3. The number of aromatic amines is 1. The maximum absolute atomic E-state index is 4.83. The molecule has 0 radical (unpaired) electrons. The van der Waals surface area contributed by atoms with Crippen molar-refractivity contribution in [2.24, 2.45) is 0 Å². The Bertz CT molecular complexity index is 946. The zero-order valence-electron chi connectivity index (χ0n) is 16.1. The third-order valence-electron chi connectivity index (χ3n) is 5.82. The van der Waals surface area contributed by atoms with E-state index in [-0.39, 0.29) is 6.04 Å². The number of anilines is 1. The molecule has 1 atom stereocenters. The molecule has 3 aromatic rings. The number of piperidine rings is 1. The predicted molar refractivity (Wildman–Crippen MR) is 107 cm³/mol. The van der Waals surface area contributed by atoms with Gasteiger partial charge in [0.25, 0.3) is 0 Å². The Hall–Kier alpha value is -2.80. The number of pyridine rings is 1. The molecule has 0 aromatic carbocycles. The Morgan fingerprint density at radius 1 is 1.18 bits per heavy atom. The zero-order valence-corrected chi connectivity index (χ0v) is 16.1. The van der Waals surface area contributed by atoms with Crippen molar-refractivity contribution in [3.05, 3.63) is 65.4 Å². The van der Waals surface area contributed by atoms with E-state index in [1.807, 2.05) is 25.4 Å². The maximum Gasteiger partial charge on any atom is 0.133 e. The Labute approximate surface area is 164 Å². The van der Waals surface area contributed by atoms with Gasteiger partial charge < -0.3 is 15.2 Å². The fourth-order valence-corrected chi connectivity index (χ4v) is 4.45. The van der Waals surface area contributed by atoms with Gasteiger partial charge >= 0.3 is 0 Å². The van der Waals surface area contributed by atoms with Gasteiger partial charge in [-0.15, -0.1) is 0 Å². The first-order valence-corrected chi connectivity index (χ1v) is 10.0. The van der Waals surface area contributed by atoms with Crippen molar-refractivity contribution >= 4 is 5.82 Å². The Balaban J connectivity index is 1.57. The molecule has 7 nitrogen and oxygen atoms in total. The smallest absolute Gasteiger partial charge is 0.133 e. The summed E-state index contributed by atoms with van der Waals surface area (Å²) in [5, 5.41) is 3.44. The molecule has 5 heterocycles. The van der Waals surface area contributed by atoms with Crippen LogP contribution in [0.25, 0.3) is 0 Å². The lowest BCUT2D eigenvalue weighted by Crippen LogP contribution is -2.37. The largest absolute Gasteiger partial charge is 0.348 e. The van der Waals surface area contributed by atoms with Crippen molar-refractivity contribution in [2.75, 3.05) is 24.5 Å². The highest BCUT2D eigenvalue weighted by Crippen LogP contribution is 2.37. The summed E-state index contributed by atoms with van der Waals surface area (Å²) >= 11 is 0. The molecule has 0 aliphatic carbocycles. The van der Waals surface area contributed by atoms with Gasteiger partial charge in [-0.3, -0.25) is 4.98 Å². The molecule has 3 aromatic heterocycles. The lowest BCUT2D eigenvalue weighted by atomic mass is 9.93. The van der Waals surface area contributed by atoms with Gasteiger partial charge in [0.1, 0.15) is 17.7 Å². The summed E-state index contributed by atoms with van der Waals surface area (Å²) in [6, 6.07) is 6.32. The topological polar surface area (TPSA) is 82.6 Å². The zero-order chi connectivity index (χ0) is 18.9. The highest BCUT2D eigenvalue weighted by atomic mass is 15.2. The van der Waals surface area contributed by atoms with E-state index in [0.29, 0.717) is 5.92 Å². The van der Waals surface area contributed by atoms with Gasteiger partial charge in [-0.05, 0) is 44.5 Å². The summed E-state index contributed by atoms with van der Waals surface area (Å²) in [5.74, 6) is 2.33. The summed E-state index contributed by atoms with van der Waals surface area (Å²) in [4.78, 5) is 24.3. The molecule has 1 saturated heterocycles. The molecule has 0 bridgehead atoms. The van der Waals surface area contributed by atoms with Crippen LogP contribution in [0.1, 0.15) is 53.3 Å². The van der Waals surface area contributed by atoms with Crippen molar-refractivity contribution in [2.45, 2.75) is 38.1 Å². The molecule has 0 unspecified atom stereocenters. The average Bonchev–Trinajstić information content (AvgIpc) is 3.23. The molecule has 1 fully saturated rings. The average molecular weight is 375 g/mol. The van der Waals surface area contributed by atoms with Crippen LogP contribution in [-0.4, -0.2) is 44.6 Å². The molecule has 2 N–H and O–H groups in total. The van der Waals surface area contributed by atoms with Gasteiger partial charge in [-0.25, -0.2) is 15.0 Å². The second-order valence-corrected chi connectivity index (χ2v) is 7.62. The fraction of sp³-hybridized carbons (Fsp3) is 0.429. The Morgan fingerprint density at radius 3 is 2.89 bits per heavy atom.